The molecule has 1 heterocycles. The average Bonchev–Trinajstić information content (AvgIpc) is 2.84. The molecule has 31 heavy (non-hydrogen) atoms. The van der Waals surface area contributed by atoms with Crippen molar-refractivity contribution in [2.24, 2.45) is 0 Å². The lowest BCUT2D eigenvalue weighted by Gasteiger charge is -2.37. The molecule has 0 bridgehead atoms. The number of anilines is 1. The third-order valence-corrected chi connectivity index (χ3v) is 5.67. The van der Waals surface area contributed by atoms with Crippen LogP contribution < -0.4 is 14.4 Å². The number of para-hydroxylation sites is 1. The number of piperazine rings is 1. The molecule has 5 heteroatoms. The fraction of sp³-hybridized carbons (Fsp3) is 0.308. The highest BCUT2D eigenvalue weighted by Gasteiger charge is 2.21. The summed E-state index contributed by atoms with van der Waals surface area (Å²) < 4.78 is 10.9. The predicted molar refractivity (Wildman–Crippen MR) is 125 cm³/mol. The first-order chi connectivity index (χ1) is 15.2. The van der Waals surface area contributed by atoms with Gasteiger partial charge in [-0.1, -0.05) is 48.5 Å². The van der Waals surface area contributed by atoms with Crippen LogP contribution in [0.4, 0.5) is 5.69 Å². The van der Waals surface area contributed by atoms with Gasteiger partial charge in [0.05, 0.1) is 7.11 Å². The molecular formula is C26H30N2O3. The first-order valence-electron chi connectivity index (χ1n) is 10.8. The van der Waals surface area contributed by atoms with Gasteiger partial charge in [0.15, 0.2) is 0 Å². The maximum absolute atomic E-state index is 10.4. The van der Waals surface area contributed by atoms with Crippen LogP contribution in [0.5, 0.6) is 11.5 Å². The molecule has 3 aromatic rings. The van der Waals surface area contributed by atoms with Crippen molar-refractivity contribution < 1.29 is 14.6 Å². The van der Waals surface area contributed by atoms with Crippen LogP contribution in [0.25, 0.3) is 11.1 Å². The normalized spacial score (nSPS) is 15.5. The Kier molecular flexibility index (Phi) is 7.07. The maximum atomic E-state index is 10.4. The Morgan fingerprint density at radius 3 is 2.16 bits per heavy atom. The van der Waals surface area contributed by atoms with Gasteiger partial charge < -0.3 is 19.5 Å². The highest BCUT2D eigenvalue weighted by atomic mass is 16.5. The second-order valence-electron chi connectivity index (χ2n) is 7.81. The molecule has 0 aromatic heterocycles. The molecule has 1 saturated heterocycles. The average molecular weight is 419 g/mol. The monoisotopic (exact) mass is 418 g/mol. The van der Waals surface area contributed by atoms with E-state index in [4.69, 9.17) is 9.47 Å². The molecule has 1 N–H and O–H groups in total. The molecule has 4 rings (SSSR count). The zero-order valence-corrected chi connectivity index (χ0v) is 18.0. The van der Waals surface area contributed by atoms with Gasteiger partial charge in [-0.2, -0.15) is 0 Å². The molecule has 0 amide bonds. The quantitative estimate of drug-likeness (QED) is 0.601. The SMILES string of the molecule is COc1ccc(OCC(O)CN2CCN(c3ccccc3-c3ccccc3)CC2)cc1. The third-order valence-electron chi connectivity index (χ3n) is 5.67. The fourth-order valence-corrected chi connectivity index (χ4v) is 4.00. The topological polar surface area (TPSA) is 45.2 Å². The summed E-state index contributed by atoms with van der Waals surface area (Å²) in [5.74, 6) is 1.53. The van der Waals surface area contributed by atoms with E-state index in [1.165, 1.54) is 16.8 Å². The van der Waals surface area contributed by atoms with Crippen LogP contribution in [0.15, 0.2) is 78.9 Å². The summed E-state index contributed by atoms with van der Waals surface area (Å²) >= 11 is 0. The van der Waals surface area contributed by atoms with Crippen molar-refractivity contribution in [2.75, 3.05) is 51.3 Å². The summed E-state index contributed by atoms with van der Waals surface area (Å²) in [6.45, 7) is 4.62. The Morgan fingerprint density at radius 2 is 1.45 bits per heavy atom. The molecule has 0 aliphatic carbocycles. The highest BCUT2D eigenvalue weighted by Crippen LogP contribution is 2.31. The molecule has 1 unspecified atom stereocenters. The van der Waals surface area contributed by atoms with Gasteiger partial charge in [0, 0.05) is 44.0 Å². The summed E-state index contributed by atoms with van der Waals surface area (Å²) in [7, 11) is 1.64. The number of hydrogen-bond donors (Lipinski definition) is 1. The molecule has 5 nitrogen and oxygen atoms in total. The highest BCUT2D eigenvalue weighted by molar-refractivity contribution is 5.78. The smallest absolute Gasteiger partial charge is 0.119 e. The fourth-order valence-electron chi connectivity index (χ4n) is 4.00. The van der Waals surface area contributed by atoms with Gasteiger partial charge in [-0.05, 0) is 35.9 Å². The molecule has 0 radical (unpaired) electrons. The van der Waals surface area contributed by atoms with E-state index in [1.807, 2.05) is 24.3 Å². The van der Waals surface area contributed by atoms with Gasteiger partial charge in [0.25, 0.3) is 0 Å². The second kappa shape index (κ2) is 10.3. The van der Waals surface area contributed by atoms with Crippen LogP contribution in [-0.4, -0.2) is 62.6 Å². The molecule has 3 aromatic carbocycles. The summed E-state index contributed by atoms with van der Waals surface area (Å²) in [4.78, 5) is 4.75. The van der Waals surface area contributed by atoms with Crippen LogP contribution in [-0.2, 0) is 0 Å². The zero-order valence-electron chi connectivity index (χ0n) is 18.0. The number of β-amino-alcohol motifs (C(OH)–C–C–N with tert-alkyl or cyclic N) is 1. The number of ether oxygens (including phenoxy) is 2. The van der Waals surface area contributed by atoms with Crippen LogP contribution >= 0.6 is 0 Å². The molecule has 0 saturated carbocycles. The number of rotatable bonds is 8. The number of aliphatic hydroxyl groups excluding tert-OH is 1. The molecule has 1 aliphatic rings. The summed E-state index contributed by atoms with van der Waals surface area (Å²) in [6.07, 6.45) is -0.523. The van der Waals surface area contributed by atoms with E-state index in [2.05, 4.69) is 64.4 Å². The van der Waals surface area contributed by atoms with Crippen molar-refractivity contribution in [1.82, 2.24) is 4.90 Å². The minimum atomic E-state index is -0.523. The molecule has 1 atom stereocenters. The maximum Gasteiger partial charge on any atom is 0.119 e. The Bertz CT molecular complexity index is 938. The molecule has 0 spiro atoms. The summed E-state index contributed by atoms with van der Waals surface area (Å²) in [5, 5.41) is 10.4. The third kappa shape index (κ3) is 5.57. The zero-order chi connectivity index (χ0) is 21.5. The standard InChI is InChI=1S/C26H30N2O3/c1-30-23-11-13-24(14-12-23)31-20-22(29)19-27-15-17-28(18-16-27)26-10-6-5-9-25(26)21-7-3-2-4-8-21/h2-14,22,29H,15-20H2,1H3. The lowest BCUT2D eigenvalue weighted by atomic mass is 10.0. The molecule has 1 aliphatic heterocycles. The molecule has 162 valence electrons. The van der Waals surface area contributed by atoms with Gasteiger partial charge >= 0.3 is 0 Å². The first-order valence-corrected chi connectivity index (χ1v) is 10.8. The van der Waals surface area contributed by atoms with E-state index in [0.717, 1.165) is 37.7 Å². The van der Waals surface area contributed by atoms with Gasteiger partial charge in [-0.15, -0.1) is 0 Å². The number of hydrogen-bond acceptors (Lipinski definition) is 5. The van der Waals surface area contributed by atoms with Crippen molar-refractivity contribution in [3.05, 3.63) is 78.9 Å². The number of benzene rings is 3. The first kappa shape index (κ1) is 21.2. The minimum Gasteiger partial charge on any atom is -0.497 e. The lowest BCUT2D eigenvalue weighted by molar-refractivity contribution is 0.0663. The van der Waals surface area contributed by atoms with Gasteiger partial charge in [-0.3, -0.25) is 4.90 Å². The van der Waals surface area contributed by atoms with Crippen LogP contribution in [0.1, 0.15) is 0 Å². The van der Waals surface area contributed by atoms with Gasteiger partial charge in [0.1, 0.15) is 24.2 Å². The van der Waals surface area contributed by atoms with E-state index < -0.39 is 6.10 Å². The Labute approximate surface area is 184 Å². The number of aliphatic hydroxyl groups is 1. The molecule has 1 fully saturated rings. The van der Waals surface area contributed by atoms with Gasteiger partial charge in [-0.25, -0.2) is 0 Å². The van der Waals surface area contributed by atoms with Crippen molar-refractivity contribution in [3.8, 4) is 22.6 Å². The van der Waals surface area contributed by atoms with Crippen LogP contribution in [0.3, 0.4) is 0 Å². The van der Waals surface area contributed by atoms with Crippen molar-refractivity contribution in [3.63, 3.8) is 0 Å². The largest absolute Gasteiger partial charge is 0.497 e. The Morgan fingerprint density at radius 1 is 0.806 bits per heavy atom. The van der Waals surface area contributed by atoms with Crippen molar-refractivity contribution in [2.45, 2.75) is 6.10 Å². The second-order valence-corrected chi connectivity index (χ2v) is 7.81. The molecular weight excluding hydrogens is 388 g/mol. The Balaban J connectivity index is 1.28. The van der Waals surface area contributed by atoms with Crippen LogP contribution in [0.2, 0.25) is 0 Å². The number of nitrogens with zero attached hydrogens (tertiary/aromatic N) is 2. The van der Waals surface area contributed by atoms with Crippen molar-refractivity contribution in [1.29, 1.82) is 0 Å². The summed E-state index contributed by atoms with van der Waals surface area (Å²) in [5.41, 5.74) is 3.79. The van der Waals surface area contributed by atoms with E-state index in [1.54, 1.807) is 7.11 Å². The van der Waals surface area contributed by atoms with Crippen molar-refractivity contribution >= 4 is 5.69 Å². The summed E-state index contributed by atoms with van der Waals surface area (Å²) in [6, 6.07) is 26.6. The lowest BCUT2D eigenvalue weighted by Crippen LogP contribution is -2.49. The van der Waals surface area contributed by atoms with E-state index in [9.17, 15) is 5.11 Å². The van der Waals surface area contributed by atoms with Gasteiger partial charge in [0.2, 0.25) is 0 Å². The van der Waals surface area contributed by atoms with E-state index in [0.29, 0.717) is 6.54 Å². The van der Waals surface area contributed by atoms with Crippen LogP contribution in [0, 0.1) is 0 Å². The van der Waals surface area contributed by atoms with E-state index in [-0.39, 0.29) is 6.61 Å². The minimum absolute atomic E-state index is 0.281. The predicted octanol–water partition coefficient (Wildman–Crippen LogP) is 3.92. The number of methoxy groups -OCH3 is 1. The Hall–Kier alpha value is -3.02. The van der Waals surface area contributed by atoms with E-state index >= 15 is 0 Å².